The van der Waals surface area contributed by atoms with Gasteiger partial charge in [0.25, 0.3) is 0 Å². The van der Waals surface area contributed by atoms with Gasteiger partial charge in [0.2, 0.25) is 0 Å². The zero-order valence-corrected chi connectivity index (χ0v) is 32.0. The summed E-state index contributed by atoms with van der Waals surface area (Å²) in [5, 5.41) is 8.85. The maximum Gasteiger partial charge on any atom is 0.472 e. The van der Waals surface area contributed by atoms with Gasteiger partial charge in [-0.2, -0.15) is 0 Å². The minimum atomic E-state index is -4.73. The number of carboxylic acids is 1. The van der Waals surface area contributed by atoms with Crippen molar-refractivity contribution in [2.24, 2.45) is 5.73 Å². The third kappa shape index (κ3) is 33.5. The molecule has 0 fully saturated rings. The third-order valence-corrected chi connectivity index (χ3v) is 7.97. The second kappa shape index (κ2) is 34.5. The van der Waals surface area contributed by atoms with E-state index in [4.69, 9.17) is 24.8 Å². The van der Waals surface area contributed by atoms with Gasteiger partial charge in [0.15, 0.2) is 6.10 Å². The summed E-state index contributed by atoms with van der Waals surface area (Å²) in [5.41, 5.74) is 5.31. The molecule has 0 aromatic rings. The van der Waals surface area contributed by atoms with Crippen LogP contribution in [0.3, 0.4) is 0 Å². The molecule has 0 saturated heterocycles. The van der Waals surface area contributed by atoms with Crippen LogP contribution in [0.5, 0.6) is 0 Å². The molecule has 0 aromatic heterocycles. The minimum absolute atomic E-state index is 0.103. The average Bonchev–Trinajstić information content (AvgIpc) is 3.12. The monoisotopic (exact) mass is 747 g/mol. The Hall–Kier alpha value is -3.60. The molecule has 52 heavy (non-hydrogen) atoms. The lowest BCUT2D eigenvalue weighted by Crippen LogP contribution is -2.34. The number of aliphatic carboxylic acids is 1. The largest absolute Gasteiger partial charge is 0.480 e. The number of carbonyl (C=O) groups is 3. The number of rotatable bonds is 32. The fraction of sp³-hybridized carbons (Fsp3) is 0.525. The Bertz CT molecular complexity index is 1250. The van der Waals surface area contributed by atoms with E-state index < -0.39 is 51.1 Å². The van der Waals surface area contributed by atoms with Crippen LogP contribution in [0.4, 0.5) is 0 Å². The Morgan fingerprint density at radius 2 is 1.02 bits per heavy atom. The van der Waals surface area contributed by atoms with E-state index in [0.29, 0.717) is 12.8 Å². The van der Waals surface area contributed by atoms with Crippen molar-refractivity contribution in [3.05, 3.63) is 97.2 Å². The van der Waals surface area contributed by atoms with Gasteiger partial charge in [0.05, 0.1) is 13.2 Å². The van der Waals surface area contributed by atoms with Crippen molar-refractivity contribution in [3.63, 3.8) is 0 Å². The average molecular weight is 748 g/mol. The SMILES string of the molecule is CC/C=C/C=C/C=C/C=C/CCCCCCCC(=O)OCC(COP(=O)(O)OC[C@H](N)C(=O)O)OC(=O)CCCCC/C=C/C=C/C=C/C=C/CC. The second-order valence-corrected chi connectivity index (χ2v) is 13.2. The number of allylic oxidation sites excluding steroid dienone is 16. The molecular weight excluding hydrogens is 685 g/mol. The third-order valence-electron chi connectivity index (χ3n) is 7.02. The quantitative estimate of drug-likeness (QED) is 0.0260. The van der Waals surface area contributed by atoms with E-state index in [2.05, 4.69) is 42.7 Å². The van der Waals surface area contributed by atoms with E-state index in [1.807, 2.05) is 72.9 Å². The number of carboxylic acid groups (broad SMARTS) is 1. The highest BCUT2D eigenvalue weighted by atomic mass is 31.2. The van der Waals surface area contributed by atoms with E-state index in [1.54, 1.807) is 0 Å². The van der Waals surface area contributed by atoms with Crippen LogP contribution < -0.4 is 5.73 Å². The lowest BCUT2D eigenvalue weighted by Gasteiger charge is -2.20. The Kier molecular flexibility index (Phi) is 32.1. The number of esters is 2. The number of phosphoric ester groups is 1. The molecule has 0 rings (SSSR count). The molecular formula is C40H62NO10P. The number of phosphoric acid groups is 1. The zero-order valence-electron chi connectivity index (χ0n) is 31.1. The van der Waals surface area contributed by atoms with Gasteiger partial charge in [0.1, 0.15) is 12.6 Å². The highest BCUT2D eigenvalue weighted by Gasteiger charge is 2.28. The fourth-order valence-corrected chi connectivity index (χ4v) is 4.92. The number of hydrogen-bond acceptors (Lipinski definition) is 9. The molecule has 12 heteroatoms. The zero-order chi connectivity index (χ0) is 38.5. The normalized spacial score (nSPS) is 15.0. The van der Waals surface area contributed by atoms with Crippen LogP contribution in [-0.2, 0) is 37.5 Å². The number of nitrogens with two attached hydrogens (primary N) is 1. The van der Waals surface area contributed by atoms with Crippen LogP contribution in [0.1, 0.15) is 104 Å². The number of carbonyl (C=O) groups excluding carboxylic acids is 2. The van der Waals surface area contributed by atoms with Crippen molar-refractivity contribution in [2.75, 3.05) is 19.8 Å². The Labute approximate surface area is 311 Å². The number of unbranched alkanes of at least 4 members (excludes halogenated alkanes) is 8. The van der Waals surface area contributed by atoms with Crippen molar-refractivity contribution >= 4 is 25.7 Å². The van der Waals surface area contributed by atoms with Crippen LogP contribution in [-0.4, -0.2) is 59.9 Å². The summed E-state index contributed by atoms with van der Waals surface area (Å²) in [6.45, 7) is 2.40. The van der Waals surface area contributed by atoms with Crippen molar-refractivity contribution in [1.29, 1.82) is 0 Å². The van der Waals surface area contributed by atoms with E-state index in [1.165, 1.54) is 0 Å². The lowest BCUT2D eigenvalue weighted by atomic mass is 10.1. The Balaban J connectivity index is 4.59. The summed E-state index contributed by atoms with van der Waals surface area (Å²) in [7, 11) is -4.73. The molecule has 0 radical (unpaired) electrons. The molecule has 292 valence electrons. The number of ether oxygens (including phenoxy) is 2. The maximum atomic E-state index is 12.5. The fourth-order valence-electron chi connectivity index (χ4n) is 4.14. The molecule has 2 unspecified atom stereocenters. The molecule has 0 aliphatic carbocycles. The summed E-state index contributed by atoms with van der Waals surface area (Å²) in [5.74, 6) is -2.48. The van der Waals surface area contributed by atoms with Crippen molar-refractivity contribution in [2.45, 2.75) is 116 Å². The molecule has 0 aliphatic rings. The first kappa shape index (κ1) is 48.4. The summed E-state index contributed by atoms with van der Waals surface area (Å²) in [4.78, 5) is 45.7. The van der Waals surface area contributed by atoms with Crippen LogP contribution in [0.25, 0.3) is 0 Å². The smallest absolute Gasteiger partial charge is 0.472 e. The molecule has 0 aromatic carbocycles. The molecule has 0 heterocycles. The first-order valence-electron chi connectivity index (χ1n) is 18.4. The predicted molar refractivity (Wildman–Crippen MR) is 207 cm³/mol. The highest BCUT2D eigenvalue weighted by Crippen LogP contribution is 2.43. The summed E-state index contributed by atoms with van der Waals surface area (Å²) in [6, 6.07) is -1.54. The molecule has 0 saturated carbocycles. The second-order valence-electron chi connectivity index (χ2n) is 11.8. The van der Waals surface area contributed by atoms with Gasteiger partial charge in [-0.3, -0.25) is 23.4 Å². The van der Waals surface area contributed by atoms with Gasteiger partial charge in [-0.15, -0.1) is 0 Å². The van der Waals surface area contributed by atoms with Gasteiger partial charge in [0, 0.05) is 12.8 Å². The standard InChI is InChI=1S/C40H62NO10P/c1-3-5-7-9-11-13-15-17-18-20-21-23-25-27-29-31-38(42)48-33-36(34-49-52(46,47)50-35-37(41)40(44)45)51-39(43)32-30-28-26-24-22-19-16-14-12-10-8-6-4-2/h5-19,22,36-37H,3-4,20-21,23-35,41H2,1-2H3,(H,44,45)(H,46,47)/b7-5+,8-6+,11-9+,12-10+,15-13+,16-14+,18-17+,22-19+/t36?,37-/m0/s1. The van der Waals surface area contributed by atoms with Crippen LogP contribution in [0.15, 0.2) is 97.2 Å². The van der Waals surface area contributed by atoms with Gasteiger partial charge in [-0.25, -0.2) is 4.57 Å². The van der Waals surface area contributed by atoms with Crippen LogP contribution in [0.2, 0.25) is 0 Å². The van der Waals surface area contributed by atoms with E-state index in [9.17, 15) is 23.8 Å². The van der Waals surface area contributed by atoms with E-state index in [0.717, 1.165) is 64.2 Å². The van der Waals surface area contributed by atoms with Gasteiger partial charge < -0.3 is 25.2 Å². The van der Waals surface area contributed by atoms with Crippen LogP contribution in [0, 0.1) is 0 Å². The molecule has 0 amide bonds. The Morgan fingerprint density at radius 1 is 0.596 bits per heavy atom. The maximum absolute atomic E-state index is 12.5. The van der Waals surface area contributed by atoms with Crippen molar-refractivity contribution in [1.82, 2.24) is 0 Å². The summed E-state index contributed by atoms with van der Waals surface area (Å²) in [6.07, 6.45) is 42.0. The van der Waals surface area contributed by atoms with Crippen molar-refractivity contribution < 1.29 is 47.5 Å². The predicted octanol–water partition coefficient (Wildman–Crippen LogP) is 8.94. The van der Waals surface area contributed by atoms with Crippen molar-refractivity contribution in [3.8, 4) is 0 Å². The highest BCUT2D eigenvalue weighted by molar-refractivity contribution is 7.47. The first-order valence-corrected chi connectivity index (χ1v) is 19.9. The molecule has 11 nitrogen and oxygen atoms in total. The topological polar surface area (TPSA) is 172 Å². The van der Waals surface area contributed by atoms with E-state index >= 15 is 0 Å². The molecule has 0 aliphatic heterocycles. The Morgan fingerprint density at radius 3 is 1.54 bits per heavy atom. The first-order chi connectivity index (χ1) is 25.1. The molecule has 3 atom stereocenters. The summed E-state index contributed by atoms with van der Waals surface area (Å²) >= 11 is 0. The number of hydrogen-bond donors (Lipinski definition) is 3. The molecule has 0 spiro atoms. The molecule has 4 N–H and O–H groups in total. The minimum Gasteiger partial charge on any atom is -0.480 e. The summed E-state index contributed by atoms with van der Waals surface area (Å²) < 4.78 is 32.5. The lowest BCUT2D eigenvalue weighted by molar-refractivity contribution is -0.161. The van der Waals surface area contributed by atoms with Gasteiger partial charge in [-0.05, 0) is 51.4 Å². The molecule has 0 bridgehead atoms. The van der Waals surface area contributed by atoms with Gasteiger partial charge >= 0.3 is 25.7 Å². The van der Waals surface area contributed by atoms with Crippen LogP contribution >= 0.6 is 7.82 Å². The van der Waals surface area contributed by atoms with E-state index in [-0.39, 0.29) is 19.4 Å². The van der Waals surface area contributed by atoms with Gasteiger partial charge in [-0.1, -0.05) is 137 Å².